The smallest absolute Gasteiger partial charge is 0.310 e. The molecule has 0 fully saturated rings. The van der Waals surface area contributed by atoms with E-state index in [1.807, 2.05) is 56.3 Å². The molecule has 0 aliphatic rings. The fourth-order valence-electron chi connectivity index (χ4n) is 3.21. The number of para-hydroxylation sites is 2. The molecule has 0 bridgehead atoms. The Kier molecular flexibility index (Phi) is 5.91. The van der Waals surface area contributed by atoms with Crippen molar-refractivity contribution >= 4 is 28.5 Å². The first kappa shape index (κ1) is 18.7. The Bertz CT molecular complexity index is 937. The molecule has 5 heteroatoms. The molecule has 5 nitrogen and oxygen atoms in total. The highest BCUT2D eigenvalue weighted by Crippen LogP contribution is 2.22. The molecule has 0 aliphatic carbocycles. The Morgan fingerprint density at radius 2 is 1.67 bits per heavy atom. The minimum Gasteiger partial charge on any atom is -0.455 e. The Morgan fingerprint density at radius 3 is 2.37 bits per heavy atom. The van der Waals surface area contributed by atoms with E-state index in [2.05, 4.69) is 10.3 Å². The van der Waals surface area contributed by atoms with Crippen LogP contribution < -0.4 is 5.32 Å². The number of rotatable bonds is 7. The molecule has 0 radical (unpaired) electrons. The highest BCUT2D eigenvalue weighted by atomic mass is 16.5. The van der Waals surface area contributed by atoms with Gasteiger partial charge in [-0.2, -0.15) is 0 Å². The van der Waals surface area contributed by atoms with Crippen LogP contribution in [0.5, 0.6) is 0 Å². The molecule has 0 saturated carbocycles. The molecule has 2 aromatic carbocycles. The maximum Gasteiger partial charge on any atom is 0.310 e. The van der Waals surface area contributed by atoms with Gasteiger partial charge >= 0.3 is 5.97 Å². The third-order valence-corrected chi connectivity index (χ3v) is 4.64. The summed E-state index contributed by atoms with van der Waals surface area (Å²) < 4.78 is 5.18. The molecule has 0 atom stereocenters. The lowest BCUT2D eigenvalue weighted by molar-refractivity contribution is -0.146. The number of carbonyl (C=O) groups excluding carboxylic acids is 2. The van der Waals surface area contributed by atoms with Crippen LogP contribution in [-0.4, -0.2) is 23.5 Å². The number of aromatic amines is 1. The van der Waals surface area contributed by atoms with E-state index in [1.54, 1.807) is 6.20 Å². The molecule has 2 N–H and O–H groups in total. The van der Waals surface area contributed by atoms with Crippen molar-refractivity contribution in [3.63, 3.8) is 0 Å². The zero-order chi connectivity index (χ0) is 19.2. The van der Waals surface area contributed by atoms with E-state index in [0.717, 1.165) is 46.1 Å². The highest BCUT2D eigenvalue weighted by Gasteiger charge is 2.14. The Morgan fingerprint density at radius 1 is 0.963 bits per heavy atom. The molecule has 0 saturated heterocycles. The molecule has 1 amide bonds. The summed E-state index contributed by atoms with van der Waals surface area (Å²) in [4.78, 5) is 27.5. The summed E-state index contributed by atoms with van der Waals surface area (Å²) in [6, 6.07) is 13.8. The number of carbonyl (C=O) groups is 2. The van der Waals surface area contributed by atoms with Crippen LogP contribution in [0.3, 0.4) is 0 Å². The number of esters is 1. The number of H-pyrrole nitrogens is 1. The number of amides is 1. The Balaban J connectivity index is 1.59. The zero-order valence-electron chi connectivity index (χ0n) is 15.7. The van der Waals surface area contributed by atoms with Crippen LogP contribution in [0.1, 0.15) is 30.5 Å². The number of hydrogen-bond acceptors (Lipinski definition) is 3. The van der Waals surface area contributed by atoms with Crippen molar-refractivity contribution in [2.45, 2.75) is 33.1 Å². The third-order valence-electron chi connectivity index (χ3n) is 4.64. The van der Waals surface area contributed by atoms with Gasteiger partial charge in [-0.1, -0.05) is 50.2 Å². The van der Waals surface area contributed by atoms with Gasteiger partial charge in [0.25, 0.3) is 5.91 Å². The minimum atomic E-state index is -0.422. The van der Waals surface area contributed by atoms with E-state index in [0.29, 0.717) is 0 Å². The number of benzene rings is 2. The normalized spacial score (nSPS) is 10.7. The van der Waals surface area contributed by atoms with E-state index < -0.39 is 5.97 Å². The number of aromatic nitrogens is 1. The van der Waals surface area contributed by atoms with Crippen LogP contribution in [0.4, 0.5) is 5.69 Å². The van der Waals surface area contributed by atoms with Crippen molar-refractivity contribution in [2.24, 2.45) is 0 Å². The van der Waals surface area contributed by atoms with Crippen molar-refractivity contribution < 1.29 is 14.3 Å². The zero-order valence-corrected chi connectivity index (χ0v) is 15.7. The second-order valence-electron chi connectivity index (χ2n) is 6.40. The lowest BCUT2D eigenvalue weighted by Crippen LogP contribution is -2.22. The first-order valence-corrected chi connectivity index (χ1v) is 9.23. The standard InChI is InChI=1S/C22H24N2O3/c1-3-15-8-7-9-16(4-2)22(15)24-20(25)14-27-21(26)12-17-13-23-19-11-6-5-10-18(17)19/h5-11,13,23H,3-4,12,14H2,1-2H3,(H,24,25). The Labute approximate surface area is 158 Å². The second kappa shape index (κ2) is 8.54. The van der Waals surface area contributed by atoms with E-state index in [1.165, 1.54) is 0 Å². The summed E-state index contributed by atoms with van der Waals surface area (Å²) in [7, 11) is 0. The SMILES string of the molecule is CCc1cccc(CC)c1NC(=O)COC(=O)Cc1c[nH]c2ccccc12. The van der Waals surface area contributed by atoms with Crippen molar-refractivity contribution in [3.05, 3.63) is 65.4 Å². The molecule has 0 unspecified atom stereocenters. The predicted molar refractivity (Wildman–Crippen MR) is 107 cm³/mol. The summed E-state index contributed by atoms with van der Waals surface area (Å²) in [6.45, 7) is 3.81. The molecular formula is C22H24N2O3. The van der Waals surface area contributed by atoms with Crippen LogP contribution in [-0.2, 0) is 33.6 Å². The lowest BCUT2D eigenvalue weighted by atomic mass is 10.0. The molecule has 140 valence electrons. The fraction of sp³-hybridized carbons (Fsp3) is 0.273. The molecule has 3 aromatic rings. The first-order valence-electron chi connectivity index (χ1n) is 9.23. The van der Waals surface area contributed by atoms with E-state index in [4.69, 9.17) is 4.74 Å². The molecule has 3 rings (SSSR count). The predicted octanol–water partition coefficient (Wildman–Crippen LogP) is 4.02. The minimum absolute atomic E-state index is 0.128. The summed E-state index contributed by atoms with van der Waals surface area (Å²) in [5, 5.41) is 3.89. The van der Waals surface area contributed by atoms with Crippen molar-refractivity contribution in [1.82, 2.24) is 4.98 Å². The Hall–Kier alpha value is -3.08. The molecule has 0 spiro atoms. The molecule has 1 aromatic heterocycles. The first-order chi connectivity index (χ1) is 13.1. The maximum absolute atomic E-state index is 12.3. The van der Waals surface area contributed by atoms with Gasteiger partial charge in [0.2, 0.25) is 0 Å². The number of aryl methyl sites for hydroxylation is 2. The van der Waals surface area contributed by atoms with Crippen molar-refractivity contribution in [2.75, 3.05) is 11.9 Å². The fourth-order valence-corrected chi connectivity index (χ4v) is 3.21. The van der Waals surface area contributed by atoms with Gasteiger partial charge in [-0.25, -0.2) is 0 Å². The highest BCUT2D eigenvalue weighted by molar-refractivity contribution is 5.94. The summed E-state index contributed by atoms with van der Waals surface area (Å²) >= 11 is 0. The summed E-state index contributed by atoms with van der Waals surface area (Å²) in [6.07, 6.45) is 3.58. The van der Waals surface area contributed by atoms with Gasteiger partial charge in [0, 0.05) is 22.8 Å². The van der Waals surface area contributed by atoms with Gasteiger partial charge in [0.1, 0.15) is 0 Å². The largest absolute Gasteiger partial charge is 0.455 e. The van der Waals surface area contributed by atoms with Crippen molar-refractivity contribution in [3.8, 4) is 0 Å². The van der Waals surface area contributed by atoms with E-state index in [-0.39, 0.29) is 18.9 Å². The van der Waals surface area contributed by atoms with Gasteiger partial charge in [-0.05, 0) is 35.6 Å². The summed E-state index contributed by atoms with van der Waals surface area (Å²) in [5.74, 6) is -0.743. The molecule has 1 heterocycles. The van der Waals surface area contributed by atoms with Gasteiger partial charge in [-0.3, -0.25) is 9.59 Å². The monoisotopic (exact) mass is 364 g/mol. The van der Waals surface area contributed by atoms with Crippen LogP contribution >= 0.6 is 0 Å². The van der Waals surface area contributed by atoms with Gasteiger partial charge in [0.15, 0.2) is 6.61 Å². The summed E-state index contributed by atoms with van der Waals surface area (Å²) in [5.41, 5.74) is 4.82. The van der Waals surface area contributed by atoms with Gasteiger partial charge < -0.3 is 15.0 Å². The number of fused-ring (bicyclic) bond motifs is 1. The molecule has 27 heavy (non-hydrogen) atoms. The third kappa shape index (κ3) is 4.37. The quantitative estimate of drug-likeness (QED) is 0.622. The van der Waals surface area contributed by atoms with E-state index >= 15 is 0 Å². The lowest BCUT2D eigenvalue weighted by Gasteiger charge is -2.14. The van der Waals surface area contributed by atoms with Crippen LogP contribution in [0.15, 0.2) is 48.7 Å². The van der Waals surface area contributed by atoms with Crippen LogP contribution in [0.25, 0.3) is 10.9 Å². The van der Waals surface area contributed by atoms with Gasteiger partial charge in [-0.15, -0.1) is 0 Å². The average Bonchev–Trinajstić information content (AvgIpc) is 3.09. The van der Waals surface area contributed by atoms with Crippen molar-refractivity contribution in [1.29, 1.82) is 0 Å². The maximum atomic E-state index is 12.3. The number of hydrogen-bond donors (Lipinski definition) is 2. The average molecular weight is 364 g/mol. The topological polar surface area (TPSA) is 71.2 Å². The molecular weight excluding hydrogens is 340 g/mol. The van der Waals surface area contributed by atoms with Crippen LogP contribution in [0.2, 0.25) is 0 Å². The van der Waals surface area contributed by atoms with Crippen LogP contribution in [0, 0.1) is 0 Å². The second-order valence-corrected chi connectivity index (χ2v) is 6.40. The van der Waals surface area contributed by atoms with E-state index in [9.17, 15) is 9.59 Å². The van der Waals surface area contributed by atoms with Gasteiger partial charge in [0.05, 0.1) is 6.42 Å². The number of nitrogens with one attached hydrogen (secondary N) is 2. The number of ether oxygens (including phenoxy) is 1. The molecule has 0 aliphatic heterocycles. The number of anilines is 1.